The highest BCUT2D eigenvalue weighted by molar-refractivity contribution is 6.01. The quantitative estimate of drug-likeness (QED) is 0.593. The van der Waals surface area contributed by atoms with Crippen LogP contribution in [0.3, 0.4) is 0 Å². The van der Waals surface area contributed by atoms with Gasteiger partial charge in [-0.2, -0.15) is 0 Å². The Morgan fingerprint density at radius 2 is 1.90 bits per heavy atom. The van der Waals surface area contributed by atoms with Gasteiger partial charge in [-0.25, -0.2) is 0 Å². The molecule has 0 radical (unpaired) electrons. The maximum absolute atomic E-state index is 7.84. The molecule has 0 bridgehead atoms. The molecule has 0 aliphatic carbocycles. The third kappa shape index (κ3) is 3.71. The van der Waals surface area contributed by atoms with Crippen LogP contribution in [0, 0.1) is 25.2 Å². The molecule has 1 heterocycles. The monoisotopic (exact) mass is 276 g/mol. The van der Waals surface area contributed by atoms with Gasteiger partial charge in [-0.05, 0) is 32.8 Å². The molecule has 20 heavy (non-hydrogen) atoms. The summed E-state index contributed by atoms with van der Waals surface area (Å²) in [6, 6.07) is 2.05. The van der Waals surface area contributed by atoms with E-state index in [9.17, 15) is 0 Å². The van der Waals surface area contributed by atoms with Gasteiger partial charge in [0, 0.05) is 18.8 Å². The summed E-state index contributed by atoms with van der Waals surface area (Å²) in [5, 5.41) is 7.84. The van der Waals surface area contributed by atoms with Crippen LogP contribution in [0.4, 0.5) is 5.69 Å². The zero-order valence-corrected chi connectivity index (χ0v) is 13.5. The van der Waals surface area contributed by atoms with E-state index >= 15 is 0 Å². The summed E-state index contributed by atoms with van der Waals surface area (Å²) >= 11 is 0. The van der Waals surface area contributed by atoms with E-state index in [0.717, 1.165) is 35.7 Å². The summed E-state index contributed by atoms with van der Waals surface area (Å²) in [5.41, 5.74) is 9.42. The number of pyridine rings is 1. The van der Waals surface area contributed by atoms with Gasteiger partial charge in [-0.1, -0.05) is 26.7 Å². The second-order valence-electron chi connectivity index (χ2n) is 5.38. The van der Waals surface area contributed by atoms with Gasteiger partial charge in [0.15, 0.2) is 0 Å². The van der Waals surface area contributed by atoms with Crippen molar-refractivity contribution in [2.75, 3.05) is 18.0 Å². The van der Waals surface area contributed by atoms with Gasteiger partial charge in [0.2, 0.25) is 0 Å². The minimum atomic E-state index is 0.105. The van der Waals surface area contributed by atoms with Crippen LogP contribution in [0.15, 0.2) is 6.07 Å². The van der Waals surface area contributed by atoms with Gasteiger partial charge in [-0.3, -0.25) is 10.4 Å². The molecule has 1 rings (SSSR count). The number of amidine groups is 1. The van der Waals surface area contributed by atoms with Crippen molar-refractivity contribution in [2.24, 2.45) is 11.7 Å². The Labute approximate surface area is 122 Å². The van der Waals surface area contributed by atoms with E-state index in [4.69, 9.17) is 11.1 Å². The number of nitrogen functional groups attached to an aromatic ring is 1. The molecule has 3 N–H and O–H groups in total. The van der Waals surface area contributed by atoms with Gasteiger partial charge in [0.1, 0.15) is 5.84 Å². The van der Waals surface area contributed by atoms with Crippen LogP contribution in [0.25, 0.3) is 0 Å². The van der Waals surface area contributed by atoms with E-state index in [1.165, 1.54) is 12.8 Å². The molecule has 1 aromatic heterocycles. The average molecular weight is 276 g/mol. The molecule has 112 valence electrons. The lowest BCUT2D eigenvalue weighted by atomic mass is 10.0. The first kappa shape index (κ1) is 16.5. The molecule has 0 fully saturated rings. The van der Waals surface area contributed by atoms with Crippen molar-refractivity contribution in [3.63, 3.8) is 0 Å². The van der Waals surface area contributed by atoms with E-state index in [2.05, 4.69) is 36.7 Å². The molecular weight excluding hydrogens is 248 g/mol. The molecule has 0 spiro atoms. The molecule has 0 aliphatic heterocycles. The van der Waals surface area contributed by atoms with Crippen LogP contribution < -0.4 is 10.6 Å². The molecule has 4 nitrogen and oxygen atoms in total. The topological polar surface area (TPSA) is 66.0 Å². The molecule has 0 aromatic carbocycles. The van der Waals surface area contributed by atoms with Crippen molar-refractivity contribution in [1.82, 2.24) is 4.98 Å². The highest BCUT2D eigenvalue weighted by atomic mass is 15.1. The summed E-state index contributed by atoms with van der Waals surface area (Å²) in [6.45, 7) is 12.5. The summed E-state index contributed by atoms with van der Waals surface area (Å²) in [7, 11) is 0. The minimum Gasteiger partial charge on any atom is -0.384 e. The Bertz CT molecular complexity index is 464. The molecular formula is C16H28N4. The normalized spacial score (nSPS) is 10.9. The van der Waals surface area contributed by atoms with Gasteiger partial charge in [0.25, 0.3) is 0 Å². The minimum absolute atomic E-state index is 0.105. The van der Waals surface area contributed by atoms with Crippen molar-refractivity contribution in [3.05, 3.63) is 23.0 Å². The third-order valence-electron chi connectivity index (χ3n) is 3.93. The summed E-state index contributed by atoms with van der Waals surface area (Å²) in [5.74, 6) is 0.775. The number of hydrogen-bond acceptors (Lipinski definition) is 3. The number of nitrogens with zero attached hydrogens (tertiary/aromatic N) is 2. The number of hydrogen-bond donors (Lipinski definition) is 2. The highest BCUT2D eigenvalue weighted by Gasteiger charge is 2.18. The fourth-order valence-corrected chi connectivity index (χ4v) is 2.65. The lowest BCUT2D eigenvalue weighted by Gasteiger charge is -2.30. The predicted molar refractivity (Wildman–Crippen MR) is 86.7 cm³/mol. The van der Waals surface area contributed by atoms with Gasteiger partial charge < -0.3 is 10.6 Å². The summed E-state index contributed by atoms with van der Waals surface area (Å²) in [4.78, 5) is 6.77. The van der Waals surface area contributed by atoms with Crippen molar-refractivity contribution in [1.29, 1.82) is 5.41 Å². The van der Waals surface area contributed by atoms with Crippen molar-refractivity contribution < 1.29 is 0 Å². The van der Waals surface area contributed by atoms with Crippen LogP contribution in [0.2, 0.25) is 0 Å². The van der Waals surface area contributed by atoms with Crippen molar-refractivity contribution >= 4 is 11.5 Å². The predicted octanol–water partition coefficient (Wildman–Crippen LogP) is 3.25. The first-order chi connectivity index (χ1) is 9.44. The van der Waals surface area contributed by atoms with Crippen molar-refractivity contribution in [3.8, 4) is 0 Å². The summed E-state index contributed by atoms with van der Waals surface area (Å²) < 4.78 is 0. The van der Waals surface area contributed by atoms with Gasteiger partial charge >= 0.3 is 0 Å². The maximum atomic E-state index is 7.84. The van der Waals surface area contributed by atoms with E-state index in [1.54, 1.807) is 0 Å². The first-order valence-corrected chi connectivity index (χ1v) is 7.52. The Morgan fingerprint density at radius 3 is 2.35 bits per heavy atom. The lowest BCUT2D eigenvalue weighted by molar-refractivity contribution is 0.486. The maximum Gasteiger partial charge on any atom is 0.126 e. The van der Waals surface area contributed by atoms with E-state index in [1.807, 2.05) is 13.8 Å². The molecule has 0 amide bonds. The van der Waals surface area contributed by atoms with E-state index in [-0.39, 0.29) is 5.84 Å². The molecule has 0 atom stereocenters. The molecule has 0 aliphatic rings. The number of nitrogens with two attached hydrogens (primary N) is 1. The number of rotatable bonds is 7. The first-order valence-electron chi connectivity index (χ1n) is 7.52. The fourth-order valence-electron chi connectivity index (χ4n) is 2.65. The van der Waals surface area contributed by atoms with Crippen LogP contribution >= 0.6 is 0 Å². The summed E-state index contributed by atoms with van der Waals surface area (Å²) in [6.07, 6.45) is 2.34. The smallest absolute Gasteiger partial charge is 0.126 e. The molecule has 1 aromatic rings. The fraction of sp³-hybridized carbons (Fsp3) is 0.625. The Morgan fingerprint density at radius 1 is 1.30 bits per heavy atom. The highest BCUT2D eigenvalue weighted by Crippen LogP contribution is 2.25. The van der Waals surface area contributed by atoms with Crippen LogP contribution in [0.5, 0.6) is 0 Å². The van der Waals surface area contributed by atoms with Crippen molar-refractivity contribution in [2.45, 2.75) is 47.5 Å². The molecule has 4 heteroatoms. The zero-order valence-electron chi connectivity index (χ0n) is 13.5. The third-order valence-corrected chi connectivity index (χ3v) is 3.93. The average Bonchev–Trinajstić information content (AvgIpc) is 2.38. The second kappa shape index (κ2) is 7.27. The number of nitrogens with one attached hydrogen (secondary N) is 1. The number of aryl methyl sites for hydroxylation is 2. The van der Waals surface area contributed by atoms with Gasteiger partial charge in [0.05, 0.1) is 16.9 Å². The Balaban J connectivity index is 3.23. The Hall–Kier alpha value is -1.58. The SMILES string of the molecule is CCC(CC)CN(CC)c1cc(C)nc(C)c1C(=N)N. The van der Waals surface area contributed by atoms with E-state index in [0.29, 0.717) is 5.92 Å². The molecule has 0 saturated carbocycles. The molecule has 0 unspecified atom stereocenters. The van der Waals surface area contributed by atoms with Crippen LogP contribution in [-0.4, -0.2) is 23.9 Å². The van der Waals surface area contributed by atoms with Crippen LogP contribution in [0.1, 0.15) is 50.6 Å². The zero-order chi connectivity index (χ0) is 15.3. The van der Waals surface area contributed by atoms with Crippen LogP contribution in [-0.2, 0) is 0 Å². The standard InChI is InChI=1S/C16H28N4/c1-6-13(7-2)10-20(8-3)14-9-11(4)19-12(5)15(14)16(17)18/h9,13H,6-8,10H2,1-5H3,(H3,17,18). The number of anilines is 1. The van der Waals surface area contributed by atoms with E-state index < -0.39 is 0 Å². The Kier molecular flexibility index (Phi) is 5.99. The second-order valence-corrected chi connectivity index (χ2v) is 5.38. The van der Waals surface area contributed by atoms with Gasteiger partial charge in [-0.15, -0.1) is 0 Å². The largest absolute Gasteiger partial charge is 0.384 e. The number of aromatic nitrogens is 1. The molecule has 0 saturated heterocycles. The lowest BCUT2D eigenvalue weighted by Crippen LogP contribution is -2.32.